The van der Waals surface area contributed by atoms with Crippen LogP contribution in [0, 0.1) is 0 Å². The average Bonchev–Trinajstić information content (AvgIpc) is 2.39. The van der Waals surface area contributed by atoms with E-state index in [0.717, 1.165) is 6.42 Å². The van der Waals surface area contributed by atoms with Crippen LogP contribution >= 0.6 is 11.6 Å². The van der Waals surface area contributed by atoms with Gasteiger partial charge in [0, 0.05) is 32.2 Å². The predicted octanol–water partition coefficient (Wildman–Crippen LogP) is 2.11. The van der Waals surface area contributed by atoms with Crippen molar-refractivity contribution in [3.63, 3.8) is 0 Å². The van der Waals surface area contributed by atoms with E-state index in [1.807, 2.05) is 6.92 Å². The molecular weight excluding hydrogens is 278 g/mol. The van der Waals surface area contributed by atoms with Crippen molar-refractivity contribution in [2.24, 2.45) is 5.73 Å². The quantitative estimate of drug-likeness (QED) is 0.874. The molecule has 0 aliphatic carbocycles. The first kappa shape index (κ1) is 16.5. The summed E-state index contributed by atoms with van der Waals surface area (Å²) in [6.07, 6.45) is 0.981. The molecule has 0 radical (unpaired) electrons. The first-order chi connectivity index (χ1) is 9.35. The highest BCUT2D eigenvalue weighted by Gasteiger charge is 2.14. The molecule has 0 spiro atoms. The maximum Gasteiger partial charge on any atom is 0.254 e. The molecule has 1 atom stereocenters. The second-order valence-corrected chi connectivity index (χ2v) is 5.22. The van der Waals surface area contributed by atoms with E-state index in [-0.39, 0.29) is 24.3 Å². The van der Waals surface area contributed by atoms with Crippen molar-refractivity contribution in [2.45, 2.75) is 25.8 Å². The van der Waals surface area contributed by atoms with Crippen LogP contribution in [-0.4, -0.2) is 36.9 Å². The van der Waals surface area contributed by atoms with Gasteiger partial charge in [-0.25, -0.2) is 0 Å². The number of carbonyl (C=O) groups is 2. The summed E-state index contributed by atoms with van der Waals surface area (Å²) in [7, 11) is 3.29. The van der Waals surface area contributed by atoms with Gasteiger partial charge in [-0.15, -0.1) is 0 Å². The number of nitrogens with zero attached hydrogens (tertiary/aromatic N) is 1. The van der Waals surface area contributed by atoms with Crippen molar-refractivity contribution in [1.29, 1.82) is 0 Å². The smallest absolute Gasteiger partial charge is 0.254 e. The average molecular weight is 298 g/mol. The second kappa shape index (κ2) is 7.26. The first-order valence-corrected chi connectivity index (χ1v) is 6.79. The third-order valence-electron chi connectivity index (χ3n) is 2.86. The molecular formula is C14H20ClN3O2. The summed E-state index contributed by atoms with van der Waals surface area (Å²) < 4.78 is 0. The van der Waals surface area contributed by atoms with Gasteiger partial charge in [0.05, 0.1) is 10.6 Å². The number of halogens is 1. The lowest BCUT2D eigenvalue weighted by Gasteiger charge is -2.14. The lowest BCUT2D eigenvalue weighted by molar-refractivity contribution is -0.116. The minimum absolute atomic E-state index is 0.162. The highest BCUT2D eigenvalue weighted by Crippen LogP contribution is 2.22. The second-order valence-electron chi connectivity index (χ2n) is 4.81. The third-order valence-corrected chi connectivity index (χ3v) is 3.19. The van der Waals surface area contributed by atoms with Gasteiger partial charge >= 0.3 is 0 Å². The van der Waals surface area contributed by atoms with E-state index in [1.54, 1.807) is 32.3 Å². The van der Waals surface area contributed by atoms with Crippen molar-refractivity contribution in [1.82, 2.24) is 4.90 Å². The standard InChI is InChI=1S/C14H20ClN3O2/c1-4-9(16)7-13(19)17-10-5-6-12(15)11(8-10)14(20)18(2)3/h5-6,8-9H,4,7,16H2,1-3H3,(H,17,19). The Hall–Kier alpha value is -1.59. The fourth-order valence-electron chi connectivity index (χ4n) is 1.60. The van der Waals surface area contributed by atoms with Crippen LogP contribution in [0.5, 0.6) is 0 Å². The molecule has 110 valence electrons. The number of nitrogens with two attached hydrogens (primary N) is 1. The molecule has 0 aromatic heterocycles. The Labute approximate surface area is 124 Å². The molecule has 5 nitrogen and oxygen atoms in total. The number of nitrogens with one attached hydrogen (secondary N) is 1. The molecule has 1 rings (SSSR count). The Bertz CT molecular complexity index is 503. The molecule has 0 bridgehead atoms. The minimum Gasteiger partial charge on any atom is -0.345 e. The van der Waals surface area contributed by atoms with Crippen molar-refractivity contribution in [3.05, 3.63) is 28.8 Å². The summed E-state index contributed by atoms with van der Waals surface area (Å²) in [5.41, 5.74) is 6.62. The number of carbonyl (C=O) groups excluding carboxylic acids is 2. The van der Waals surface area contributed by atoms with E-state index in [9.17, 15) is 9.59 Å². The molecule has 1 aromatic rings. The molecule has 0 heterocycles. The summed E-state index contributed by atoms with van der Waals surface area (Å²) in [4.78, 5) is 25.1. The lowest BCUT2D eigenvalue weighted by atomic mass is 10.1. The Balaban J connectivity index is 2.85. The summed E-state index contributed by atoms with van der Waals surface area (Å²) >= 11 is 6.00. The van der Waals surface area contributed by atoms with Gasteiger partial charge in [-0.1, -0.05) is 18.5 Å². The molecule has 0 saturated carbocycles. The molecule has 1 aromatic carbocycles. The molecule has 0 fully saturated rings. The SMILES string of the molecule is CCC(N)CC(=O)Nc1ccc(Cl)c(C(=O)N(C)C)c1. The molecule has 2 amide bonds. The number of hydrogen-bond donors (Lipinski definition) is 2. The zero-order chi connectivity index (χ0) is 15.3. The monoisotopic (exact) mass is 297 g/mol. The highest BCUT2D eigenvalue weighted by atomic mass is 35.5. The summed E-state index contributed by atoms with van der Waals surface area (Å²) in [6.45, 7) is 1.92. The van der Waals surface area contributed by atoms with E-state index in [4.69, 9.17) is 17.3 Å². The Kier molecular flexibility index (Phi) is 5.98. The zero-order valence-corrected chi connectivity index (χ0v) is 12.7. The van der Waals surface area contributed by atoms with Crippen molar-refractivity contribution in [2.75, 3.05) is 19.4 Å². The zero-order valence-electron chi connectivity index (χ0n) is 11.9. The molecule has 20 heavy (non-hydrogen) atoms. The largest absolute Gasteiger partial charge is 0.345 e. The summed E-state index contributed by atoms with van der Waals surface area (Å²) in [5.74, 6) is -0.388. The molecule has 6 heteroatoms. The number of anilines is 1. The van der Waals surface area contributed by atoms with Crippen LogP contribution in [0.25, 0.3) is 0 Å². The van der Waals surface area contributed by atoms with E-state index in [1.165, 1.54) is 4.90 Å². The lowest BCUT2D eigenvalue weighted by Crippen LogP contribution is -2.26. The molecule has 0 saturated heterocycles. The normalized spacial score (nSPS) is 11.8. The maximum atomic E-state index is 11.9. The Morgan fingerprint density at radius 2 is 2.05 bits per heavy atom. The van der Waals surface area contributed by atoms with Crippen LogP contribution in [0.3, 0.4) is 0 Å². The Morgan fingerprint density at radius 3 is 2.60 bits per heavy atom. The van der Waals surface area contributed by atoms with E-state index in [0.29, 0.717) is 16.3 Å². The van der Waals surface area contributed by atoms with Gasteiger partial charge in [-0.05, 0) is 24.6 Å². The topological polar surface area (TPSA) is 75.4 Å². The molecule has 0 aliphatic heterocycles. The van der Waals surface area contributed by atoms with Gasteiger partial charge < -0.3 is 16.0 Å². The predicted molar refractivity (Wildman–Crippen MR) is 81.0 cm³/mol. The Morgan fingerprint density at radius 1 is 1.40 bits per heavy atom. The van der Waals surface area contributed by atoms with Crippen LogP contribution in [0.15, 0.2) is 18.2 Å². The fourth-order valence-corrected chi connectivity index (χ4v) is 1.80. The van der Waals surface area contributed by atoms with E-state index >= 15 is 0 Å². The van der Waals surface area contributed by atoms with Crippen LogP contribution in [0.4, 0.5) is 5.69 Å². The van der Waals surface area contributed by atoms with Gasteiger partial charge in [-0.3, -0.25) is 9.59 Å². The van der Waals surface area contributed by atoms with Gasteiger partial charge in [0.25, 0.3) is 5.91 Å². The number of rotatable bonds is 5. The van der Waals surface area contributed by atoms with Crippen molar-refractivity contribution in [3.8, 4) is 0 Å². The van der Waals surface area contributed by atoms with Crippen molar-refractivity contribution < 1.29 is 9.59 Å². The van der Waals surface area contributed by atoms with Crippen LogP contribution in [0.1, 0.15) is 30.1 Å². The van der Waals surface area contributed by atoms with Gasteiger partial charge in [-0.2, -0.15) is 0 Å². The first-order valence-electron chi connectivity index (χ1n) is 6.41. The summed E-state index contributed by atoms with van der Waals surface area (Å²) in [5, 5.41) is 3.07. The van der Waals surface area contributed by atoms with Crippen molar-refractivity contribution >= 4 is 29.1 Å². The van der Waals surface area contributed by atoms with Gasteiger partial charge in [0.1, 0.15) is 0 Å². The van der Waals surface area contributed by atoms with Gasteiger partial charge in [0.15, 0.2) is 0 Å². The maximum absolute atomic E-state index is 11.9. The number of benzene rings is 1. The molecule has 1 unspecified atom stereocenters. The number of hydrogen-bond acceptors (Lipinski definition) is 3. The fraction of sp³-hybridized carbons (Fsp3) is 0.429. The highest BCUT2D eigenvalue weighted by molar-refractivity contribution is 6.34. The van der Waals surface area contributed by atoms with E-state index in [2.05, 4.69) is 5.32 Å². The van der Waals surface area contributed by atoms with Gasteiger partial charge in [0.2, 0.25) is 5.91 Å². The van der Waals surface area contributed by atoms with Crippen LogP contribution < -0.4 is 11.1 Å². The summed E-state index contributed by atoms with van der Waals surface area (Å²) in [6, 6.07) is 4.66. The van der Waals surface area contributed by atoms with Crippen LogP contribution in [-0.2, 0) is 4.79 Å². The molecule has 0 aliphatic rings. The third kappa shape index (κ3) is 4.51. The van der Waals surface area contributed by atoms with E-state index < -0.39 is 0 Å². The number of amides is 2. The molecule has 3 N–H and O–H groups in total. The van der Waals surface area contributed by atoms with Crippen LogP contribution in [0.2, 0.25) is 5.02 Å². The minimum atomic E-state index is -0.212.